The van der Waals surface area contributed by atoms with E-state index in [1.54, 1.807) is 24.3 Å². The Bertz CT molecular complexity index is 688. The molecule has 8 nitrogen and oxygen atoms in total. The van der Waals surface area contributed by atoms with E-state index in [0.717, 1.165) is 19.6 Å². The lowest BCUT2D eigenvalue weighted by Crippen LogP contribution is -2.41. The van der Waals surface area contributed by atoms with E-state index < -0.39 is 11.9 Å². The van der Waals surface area contributed by atoms with Gasteiger partial charge in [0.15, 0.2) is 0 Å². The quantitative estimate of drug-likeness (QED) is 0.421. The Morgan fingerprint density at radius 2 is 2.00 bits per heavy atom. The van der Waals surface area contributed by atoms with Gasteiger partial charge in [-0.1, -0.05) is 0 Å². The number of nitriles is 1. The number of carbonyl (C=O) groups is 2. The van der Waals surface area contributed by atoms with Crippen molar-refractivity contribution in [2.24, 2.45) is 0 Å². The third-order valence-corrected chi connectivity index (χ3v) is 3.87. The summed E-state index contributed by atoms with van der Waals surface area (Å²) in [6, 6.07) is 8.39. The van der Waals surface area contributed by atoms with E-state index in [1.165, 1.54) is 13.3 Å². The van der Waals surface area contributed by atoms with Crippen LogP contribution in [-0.2, 0) is 14.3 Å². The fourth-order valence-corrected chi connectivity index (χ4v) is 2.37. The van der Waals surface area contributed by atoms with Crippen molar-refractivity contribution < 1.29 is 19.1 Å². The zero-order chi connectivity index (χ0) is 18.8. The zero-order valence-electron chi connectivity index (χ0n) is 14.7. The maximum Gasteiger partial charge on any atom is 0.337 e. The van der Waals surface area contributed by atoms with Crippen molar-refractivity contribution >= 4 is 17.6 Å². The van der Waals surface area contributed by atoms with E-state index in [1.807, 2.05) is 6.07 Å². The van der Waals surface area contributed by atoms with Crippen molar-refractivity contribution in [1.29, 1.82) is 5.26 Å². The van der Waals surface area contributed by atoms with E-state index in [0.29, 0.717) is 31.0 Å². The first-order valence-electron chi connectivity index (χ1n) is 8.27. The first-order valence-corrected chi connectivity index (χ1v) is 8.27. The minimum Gasteiger partial charge on any atom is -0.465 e. The van der Waals surface area contributed by atoms with Crippen molar-refractivity contribution in [1.82, 2.24) is 10.2 Å². The second-order valence-electron chi connectivity index (χ2n) is 5.59. The molecule has 0 unspecified atom stereocenters. The fourth-order valence-electron chi connectivity index (χ4n) is 2.37. The van der Waals surface area contributed by atoms with Crippen molar-refractivity contribution in [3.63, 3.8) is 0 Å². The zero-order valence-corrected chi connectivity index (χ0v) is 14.7. The molecule has 1 heterocycles. The van der Waals surface area contributed by atoms with Gasteiger partial charge in [-0.25, -0.2) is 4.79 Å². The summed E-state index contributed by atoms with van der Waals surface area (Å²) < 4.78 is 9.90. The predicted octanol–water partition coefficient (Wildman–Crippen LogP) is 0.741. The van der Waals surface area contributed by atoms with E-state index in [9.17, 15) is 9.59 Å². The van der Waals surface area contributed by atoms with Gasteiger partial charge in [-0.05, 0) is 24.3 Å². The Balaban J connectivity index is 1.83. The molecule has 0 aliphatic carbocycles. The Hall–Kier alpha value is -2.89. The average Bonchev–Trinajstić information content (AvgIpc) is 2.69. The molecule has 2 N–H and O–H groups in total. The molecule has 0 bridgehead atoms. The number of hydrogen-bond acceptors (Lipinski definition) is 7. The molecule has 1 aliphatic heterocycles. The molecule has 1 aromatic carbocycles. The first kappa shape index (κ1) is 19.4. The van der Waals surface area contributed by atoms with Crippen LogP contribution in [0.5, 0.6) is 0 Å². The summed E-state index contributed by atoms with van der Waals surface area (Å²) in [5.41, 5.74) is 1.04. The average molecular weight is 358 g/mol. The lowest BCUT2D eigenvalue weighted by atomic mass is 10.2. The summed E-state index contributed by atoms with van der Waals surface area (Å²) in [6.07, 6.45) is 1.34. The van der Waals surface area contributed by atoms with Crippen LogP contribution in [-0.4, -0.2) is 63.3 Å². The topological polar surface area (TPSA) is 104 Å². The van der Waals surface area contributed by atoms with Gasteiger partial charge >= 0.3 is 5.97 Å². The molecule has 1 amide bonds. The number of methoxy groups -OCH3 is 1. The molecule has 0 saturated carbocycles. The fraction of sp³-hybridized carbons (Fsp3) is 0.389. The summed E-state index contributed by atoms with van der Waals surface area (Å²) in [4.78, 5) is 25.6. The second kappa shape index (κ2) is 10.2. The van der Waals surface area contributed by atoms with Gasteiger partial charge in [-0.15, -0.1) is 0 Å². The smallest absolute Gasteiger partial charge is 0.337 e. The Morgan fingerprint density at radius 3 is 2.62 bits per heavy atom. The van der Waals surface area contributed by atoms with E-state index >= 15 is 0 Å². The van der Waals surface area contributed by atoms with E-state index in [-0.39, 0.29) is 5.57 Å². The second-order valence-corrected chi connectivity index (χ2v) is 5.59. The van der Waals surface area contributed by atoms with Crippen LogP contribution in [0.3, 0.4) is 0 Å². The van der Waals surface area contributed by atoms with Gasteiger partial charge in [-0.3, -0.25) is 9.69 Å². The molecule has 0 spiro atoms. The van der Waals surface area contributed by atoms with Crippen molar-refractivity contribution in [3.05, 3.63) is 41.6 Å². The standard InChI is InChI=1S/C18H22N4O4/c1-25-18(24)14-2-4-16(5-3-14)21-13-15(12-19)17(23)20-6-7-22-8-10-26-11-9-22/h2-5,13,21H,6-11H2,1H3,(H,20,23)/b15-13-. The highest BCUT2D eigenvalue weighted by molar-refractivity contribution is 5.97. The number of rotatable bonds is 7. The van der Waals surface area contributed by atoms with Crippen LogP contribution in [0.25, 0.3) is 0 Å². The van der Waals surface area contributed by atoms with Crippen LogP contribution in [0.2, 0.25) is 0 Å². The predicted molar refractivity (Wildman–Crippen MR) is 95.4 cm³/mol. The SMILES string of the molecule is COC(=O)c1ccc(N/C=C(/C#N)C(=O)NCCN2CCOCC2)cc1. The molecule has 1 saturated heterocycles. The summed E-state index contributed by atoms with van der Waals surface area (Å²) in [5, 5.41) is 14.8. The Morgan fingerprint density at radius 1 is 1.31 bits per heavy atom. The summed E-state index contributed by atoms with van der Waals surface area (Å²) >= 11 is 0. The van der Waals surface area contributed by atoms with Gasteiger partial charge < -0.3 is 20.1 Å². The molecular weight excluding hydrogens is 336 g/mol. The lowest BCUT2D eigenvalue weighted by Gasteiger charge is -2.26. The van der Waals surface area contributed by atoms with Crippen molar-refractivity contribution in [2.75, 3.05) is 51.8 Å². The number of hydrogen-bond donors (Lipinski definition) is 2. The minimum absolute atomic E-state index is 0.0241. The maximum atomic E-state index is 12.1. The monoisotopic (exact) mass is 358 g/mol. The molecule has 0 atom stereocenters. The van der Waals surface area contributed by atoms with E-state index in [2.05, 4.69) is 20.3 Å². The number of anilines is 1. The molecule has 1 aromatic rings. The number of nitrogens with zero attached hydrogens (tertiary/aromatic N) is 2. The Kier molecular flexibility index (Phi) is 7.61. The van der Waals surface area contributed by atoms with Crippen LogP contribution >= 0.6 is 0 Å². The number of ether oxygens (including phenoxy) is 2. The van der Waals surface area contributed by atoms with Crippen LogP contribution < -0.4 is 10.6 Å². The third-order valence-electron chi connectivity index (χ3n) is 3.87. The first-order chi connectivity index (χ1) is 12.6. The van der Waals surface area contributed by atoms with Crippen LogP contribution in [0.1, 0.15) is 10.4 Å². The Labute approximate surface area is 152 Å². The van der Waals surface area contributed by atoms with Gasteiger partial charge in [0, 0.05) is 38.1 Å². The van der Waals surface area contributed by atoms with Gasteiger partial charge in [0.1, 0.15) is 11.6 Å². The van der Waals surface area contributed by atoms with Gasteiger partial charge in [0.25, 0.3) is 5.91 Å². The molecule has 0 radical (unpaired) electrons. The molecule has 8 heteroatoms. The summed E-state index contributed by atoms with van der Waals surface area (Å²) in [6.45, 7) is 4.29. The van der Waals surface area contributed by atoms with Crippen molar-refractivity contribution in [3.8, 4) is 6.07 Å². The number of esters is 1. The summed E-state index contributed by atoms with van der Waals surface area (Å²) in [5.74, 6) is -0.858. The molecule has 2 rings (SSSR count). The van der Waals surface area contributed by atoms with Crippen LogP contribution in [0.4, 0.5) is 5.69 Å². The highest BCUT2D eigenvalue weighted by atomic mass is 16.5. The van der Waals surface area contributed by atoms with Crippen molar-refractivity contribution in [2.45, 2.75) is 0 Å². The molecular formula is C18H22N4O4. The number of nitrogens with one attached hydrogen (secondary N) is 2. The number of amides is 1. The van der Waals surface area contributed by atoms with Gasteiger partial charge in [-0.2, -0.15) is 5.26 Å². The van der Waals surface area contributed by atoms with Gasteiger partial charge in [0.05, 0.1) is 25.9 Å². The molecule has 138 valence electrons. The maximum absolute atomic E-state index is 12.1. The molecule has 26 heavy (non-hydrogen) atoms. The van der Waals surface area contributed by atoms with Crippen LogP contribution in [0.15, 0.2) is 36.0 Å². The molecule has 1 aliphatic rings. The minimum atomic E-state index is -0.431. The van der Waals surface area contributed by atoms with E-state index in [4.69, 9.17) is 10.00 Å². The number of benzene rings is 1. The molecule has 1 fully saturated rings. The summed E-state index contributed by atoms with van der Waals surface area (Å²) in [7, 11) is 1.31. The third kappa shape index (κ3) is 5.88. The number of morpholine rings is 1. The van der Waals surface area contributed by atoms with Gasteiger partial charge in [0.2, 0.25) is 0 Å². The van der Waals surface area contributed by atoms with Crippen LogP contribution in [0, 0.1) is 11.3 Å². The lowest BCUT2D eigenvalue weighted by molar-refractivity contribution is -0.117. The highest BCUT2D eigenvalue weighted by Gasteiger charge is 2.12. The number of carbonyl (C=O) groups excluding carboxylic acids is 2. The highest BCUT2D eigenvalue weighted by Crippen LogP contribution is 2.11. The largest absolute Gasteiger partial charge is 0.465 e. The molecule has 0 aromatic heterocycles. The normalized spacial score (nSPS) is 15.0.